The van der Waals surface area contributed by atoms with E-state index in [2.05, 4.69) is 31.3 Å². The van der Waals surface area contributed by atoms with Gasteiger partial charge in [-0.3, -0.25) is 4.79 Å². The average molecular weight is 283 g/mol. The van der Waals surface area contributed by atoms with Gasteiger partial charge >= 0.3 is 0 Å². The van der Waals surface area contributed by atoms with Crippen molar-refractivity contribution in [1.82, 2.24) is 20.1 Å². The third kappa shape index (κ3) is 2.21. The highest BCUT2D eigenvalue weighted by Gasteiger charge is 2.07. The Kier molecular flexibility index (Phi) is 3.19. The number of hydrogen-bond acceptors (Lipinski definition) is 3. The van der Waals surface area contributed by atoms with E-state index >= 15 is 0 Å². The van der Waals surface area contributed by atoms with E-state index < -0.39 is 0 Å². The molecule has 6 heteroatoms. The second kappa shape index (κ2) is 4.61. The monoisotopic (exact) mass is 282 g/mol. The fraction of sp³-hybridized carbons (Fsp3) is 0.300. The maximum Gasteiger partial charge on any atom is 0.241 e. The molecule has 0 bridgehead atoms. The molecule has 84 valence electrons. The molecule has 2 aromatic heterocycles. The predicted molar refractivity (Wildman–Crippen MR) is 63.9 cm³/mol. The van der Waals surface area contributed by atoms with Crippen LogP contribution in [0.5, 0.6) is 0 Å². The van der Waals surface area contributed by atoms with Gasteiger partial charge in [0.15, 0.2) is 5.65 Å². The molecule has 5 nitrogen and oxygen atoms in total. The minimum absolute atomic E-state index is 0.0581. The van der Waals surface area contributed by atoms with Crippen molar-refractivity contribution in [1.29, 1.82) is 0 Å². The van der Waals surface area contributed by atoms with Crippen LogP contribution < -0.4 is 5.32 Å². The highest BCUT2D eigenvalue weighted by molar-refractivity contribution is 9.10. The van der Waals surface area contributed by atoms with E-state index in [4.69, 9.17) is 0 Å². The molecule has 0 spiro atoms. The van der Waals surface area contributed by atoms with Crippen molar-refractivity contribution in [2.24, 2.45) is 0 Å². The van der Waals surface area contributed by atoms with Crippen LogP contribution in [-0.4, -0.2) is 27.2 Å². The Labute approximate surface area is 101 Å². The van der Waals surface area contributed by atoms with E-state index in [9.17, 15) is 4.79 Å². The summed E-state index contributed by atoms with van der Waals surface area (Å²) >= 11 is 3.34. The van der Waals surface area contributed by atoms with Crippen LogP contribution in [-0.2, 0) is 11.3 Å². The Morgan fingerprint density at radius 2 is 2.38 bits per heavy atom. The largest absolute Gasteiger partial charge is 0.355 e. The summed E-state index contributed by atoms with van der Waals surface area (Å²) in [5.74, 6) is -0.0581. The summed E-state index contributed by atoms with van der Waals surface area (Å²) in [6.07, 6.45) is 3.39. The van der Waals surface area contributed by atoms with Crippen molar-refractivity contribution in [3.63, 3.8) is 0 Å². The third-order valence-electron chi connectivity index (χ3n) is 2.11. The lowest BCUT2D eigenvalue weighted by molar-refractivity contribution is -0.121. The van der Waals surface area contributed by atoms with Gasteiger partial charge in [-0.05, 0) is 28.9 Å². The Morgan fingerprint density at radius 3 is 3.12 bits per heavy atom. The molecule has 0 aromatic carbocycles. The van der Waals surface area contributed by atoms with Gasteiger partial charge in [-0.25, -0.2) is 9.67 Å². The number of nitrogens with one attached hydrogen (secondary N) is 1. The molecular formula is C10H11BrN4O. The molecule has 0 unspecified atom stereocenters. The lowest BCUT2D eigenvalue weighted by Crippen LogP contribution is -2.27. The van der Waals surface area contributed by atoms with E-state index in [1.807, 2.05) is 13.0 Å². The molecule has 0 saturated heterocycles. The van der Waals surface area contributed by atoms with E-state index in [0.717, 1.165) is 15.5 Å². The Bertz CT molecular complexity index is 523. The van der Waals surface area contributed by atoms with Crippen molar-refractivity contribution in [3.05, 3.63) is 22.9 Å². The highest BCUT2D eigenvalue weighted by atomic mass is 79.9. The molecule has 0 aliphatic rings. The second-order valence-electron chi connectivity index (χ2n) is 3.32. The van der Waals surface area contributed by atoms with Crippen molar-refractivity contribution in [2.45, 2.75) is 13.5 Å². The first-order valence-electron chi connectivity index (χ1n) is 4.94. The minimum atomic E-state index is -0.0581. The highest BCUT2D eigenvalue weighted by Crippen LogP contribution is 2.16. The summed E-state index contributed by atoms with van der Waals surface area (Å²) in [6, 6.07) is 1.92. The van der Waals surface area contributed by atoms with E-state index in [1.54, 1.807) is 17.1 Å². The van der Waals surface area contributed by atoms with Crippen LogP contribution in [0, 0.1) is 0 Å². The number of amides is 1. The van der Waals surface area contributed by atoms with Crippen LogP contribution in [0.2, 0.25) is 0 Å². The van der Waals surface area contributed by atoms with Gasteiger partial charge in [0.05, 0.1) is 6.20 Å². The minimum Gasteiger partial charge on any atom is -0.355 e. The Balaban J connectivity index is 2.28. The van der Waals surface area contributed by atoms with Crippen LogP contribution in [0.4, 0.5) is 0 Å². The maximum absolute atomic E-state index is 11.4. The van der Waals surface area contributed by atoms with Crippen molar-refractivity contribution in [2.75, 3.05) is 6.54 Å². The number of pyridine rings is 1. The molecule has 1 amide bonds. The fourth-order valence-corrected chi connectivity index (χ4v) is 1.80. The maximum atomic E-state index is 11.4. The van der Waals surface area contributed by atoms with Crippen LogP contribution in [0.15, 0.2) is 22.9 Å². The normalized spacial score (nSPS) is 10.6. The van der Waals surface area contributed by atoms with E-state index in [1.165, 1.54) is 0 Å². The summed E-state index contributed by atoms with van der Waals surface area (Å²) in [5.41, 5.74) is 0.717. The Hall–Kier alpha value is -1.43. The first kappa shape index (κ1) is 11.1. The van der Waals surface area contributed by atoms with Crippen LogP contribution >= 0.6 is 15.9 Å². The molecule has 16 heavy (non-hydrogen) atoms. The molecule has 1 N–H and O–H groups in total. The summed E-state index contributed by atoms with van der Waals surface area (Å²) < 4.78 is 2.49. The lowest BCUT2D eigenvalue weighted by Gasteiger charge is -2.03. The van der Waals surface area contributed by atoms with Gasteiger partial charge in [-0.1, -0.05) is 0 Å². The molecule has 2 heterocycles. The third-order valence-corrected chi connectivity index (χ3v) is 2.54. The number of carbonyl (C=O) groups excluding carboxylic acids is 1. The quantitative estimate of drug-likeness (QED) is 0.924. The van der Waals surface area contributed by atoms with Crippen molar-refractivity contribution in [3.8, 4) is 0 Å². The SMILES string of the molecule is CCNC(=O)Cn1ncc2cc(Br)cnc21. The second-order valence-corrected chi connectivity index (χ2v) is 4.24. The molecule has 2 aromatic rings. The van der Waals surface area contributed by atoms with Gasteiger partial charge in [-0.2, -0.15) is 5.10 Å². The topological polar surface area (TPSA) is 59.8 Å². The predicted octanol–water partition coefficient (Wildman–Crippen LogP) is 1.33. The zero-order valence-electron chi connectivity index (χ0n) is 8.77. The molecule has 0 radical (unpaired) electrons. The first-order valence-corrected chi connectivity index (χ1v) is 5.73. The number of halogens is 1. The van der Waals surface area contributed by atoms with Crippen LogP contribution in [0.3, 0.4) is 0 Å². The van der Waals surface area contributed by atoms with E-state index in [-0.39, 0.29) is 12.5 Å². The summed E-state index contributed by atoms with van der Waals surface area (Å²) in [6.45, 7) is 2.71. The standard InChI is InChI=1S/C10H11BrN4O/c1-2-12-9(16)6-15-10-7(4-14-15)3-8(11)5-13-10/h3-5H,2,6H2,1H3,(H,12,16). The fourth-order valence-electron chi connectivity index (χ4n) is 1.45. The smallest absolute Gasteiger partial charge is 0.241 e. The van der Waals surface area contributed by atoms with E-state index in [0.29, 0.717) is 6.54 Å². The summed E-state index contributed by atoms with van der Waals surface area (Å²) in [4.78, 5) is 15.6. The number of rotatable bonds is 3. The summed E-state index contributed by atoms with van der Waals surface area (Å²) in [7, 11) is 0. The number of aromatic nitrogens is 3. The number of carbonyl (C=O) groups is 1. The molecule has 0 fully saturated rings. The van der Waals surface area contributed by atoms with Gasteiger partial charge in [0, 0.05) is 22.6 Å². The van der Waals surface area contributed by atoms with Gasteiger partial charge in [0.1, 0.15) is 6.54 Å². The number of nitrogens with zero attached hydrogens (tertiary/aromatic N) is 3. The van der Waals surface area contributed by atoms with Crippen LogP contribution in [0.1, 0.15) is 6.92 Å². The number of hydrogen-bond donors (Lipinski definition) is 1. The first-order chi connectivity index (χ1) is 7.70. The molecule has 0 aliphatic heterocycles. The van der Waals surface area contributed by atoms with Gasteiger partial charge in [-0.15, -0.1) is 0 Å². The Morgan fingerprint density at radius 1 is 1.56 bits per heavy atom. The molecule has 2 rings (SSSR count). The number of fused-ring (bicyclic) bond motifs is 1. The van der Waals surface area contributed by atoms with Gasteiger partial charge in [0.25, 0.3) is 0 Å². The number of likely N-dealkylation sites (N-methyl/N-ethyl adjacent to an activating group) is 1. The van der Waals surface area contributed by atoms with Gasteiger partial charge < -0.3 is 5.32 Å². The molecule has 0 saturated carbocycles. The van der Waals surface area contributed by atoms with Crippen molar-refractivity contribution >= 4 is 32.9 Å². The zero-order valence-corrected chi connectivity index (χ0v) is 10.4. The van der Waals surface area contributed by atoms with Crippen molar-refractivity contribution < 1.29 is 4.79 Å². The summed E-state index contributed by atoms with van der Waals surface area (Å²) in [5, 5.41) is 7.77. The lowest BCUT2D eigenvalue weighted by atomic mass is 10.4. The molecule has 0 atom stereocenters. The molecule has 0 aliphatic carbocycles. The van der Waals surface area contributed by atoms with Gasteiger partial charge in [0.2, 0.25) is 5.91 Å². The zero-order chi connectivity index (χ0) is 11.5. The average Bonchev–Trinajstić information content (AvgIpc) is 2.61. The molecular weight excluding hydrogens is 272 g/mol. The van der Waals surface area contributed by atoms with Crippen LogP contribution in [0.25, 0.3) is 11.0 Å².